The average Bonchev–Trinajstić information content (AvgIpc) is 1.82. The lowest BCUT2D eigenvalue weighted by atomic mass is 9.80. The van der Waals surface area contributed by atoms with Crippen LogP contribution in [0.4, 0.5) is 52.7 Å². The molecule has 21 nitrogen and oxygen atoms in total. The first-order chi connectivity index (χ1) is 37.6. The van der Waals surface area contributed by atoms with Crippen molar-refractivity contribution in [2.75, 3.05) is 17.3 Å². The van der Waals surface area contributed by atoms with Crippen molar-refractivity contribution < 1.29 is 149 Å². The Labute approximate surface area is 546 Å². The maximum absolute atomic E-state index is 13.4. The van der Waals surface area contributed by atoms with Crippen molar-refractivity contribution >= 4 is 196 Å². The molecule has 3 aliphatic rings. The summed E-state index contributed by atoms with van der Waals surface area (Å²) in [6.07, 6.45) is -23.0. The molecule has 470 valence electrons. The van der Waals surface area contributed by atoms with Gasteiger partial charge >= 0.3 is 60.2 Å². The highest BCUT2D eigenvalue weighted by molar-refractivity contribution is 14.1. The molecule has 1 heterocycles. The van der Waals surface area contributed by atoms with Gasteiger partial charge < -0.3 is 47.6 Å². The summed E-state index contributed by atoms with van der Waals surface area (Å²) >= 11 is 10.0. The summed E-state index contributed by atoms with van der Waals surface area (Å²) in [5.41, 5.74) is -14.6. The number of phenolic OH excluding ortho intramolecular Hbond substituents is 2. The van der Waals surface area contributed by atoms with Crippen molar-refractivity contribution in [2.45, 2.75) is 74.3 Å². The van der Waals surface area contributed by atoms with E-state index >= 15 is 0 Å². The molecule has 42 heteroatoms. The number of halogens is 18. The zero-order chi connectivity index (χ0) is 65.0. The second-order valence-electron chi connectivity index (χ2n) is 18.2. The first-order valence-corrected chi connectivity index (χ1v) is 32.8. The molecule has 7 unspecified atom stereocenters. The first kappa shape index (κ1) is 74.3. The van der Waals surface area contributed by atoms with Gasteiger partial charge in [-0.15, -0.1) is 0 Å². The highest BCUT2D eigenvalue weighted by atomic mass is 127. The van der Waals surface area contributed by atoms with E-state index in [-0.39, 0.29) is 50.5 Å². The molecule has 0 radical (unpaired) electrons. The largest absolute Gasteiger partial charge is 0.748 e. The Hall–Kier alpha value is -2.12. The van der Waals surface area contributed by atoms with Crippen LogP contribution in [0.1, 0.15) is 57.8 Å². The summed E-state index contributed by atoms with van der Waals surface area (Å²) in [4.78, 5) is 61.5. The van der Waals surface area contributed by atoms with Crippen LogP contribution in [0.25, 0.3) is 0 Å². The molecule has 0 amide bonds. The number of phenols is 2. The quantitative estimate of drug-likeness (QED) is 0.0380. The summed E-state index contributed by atoms with van der Waals surface area (Å²) in [5, 5.41) is 19.6. The topological polar surface area (TPSA) is 344 Å². The molecule has 2 bridgehead atoms. The van der Waals surface area contributed by atoms with E-state index < -0.39 is 153 Å². The highest BCUT2D eigenvalue weighted by Gasteiger charge is 2.75. The third kappa shape index (κ3) is 17.6. The van der Waals surface area contributed by atoms with Gasteiger partial charge in [0, 0.05) is 13.1 Å². The molecule has 6 rings (SSSR count). The Morgan fingerprint density at radius 2 is 1.08 bits per heavy atom. The molecule has 7 atom stereocenters. The average molecular weight is 1960 g/mol. The molecule has 2 saturated carbocycles. The van der Waals surface area contributed by atoms with Gasteiger partial charge in [-0.05, 0) is 205 Å². The molecule has 3 fully saturated rings. The van der Waals surface area contributed by atoms with Gasteiger partial charge in [0.1, 0.15) is 28.9 Å². The van der Waals surface area contributed by atoms with Gasteiger partial charge in [0.25, 0.3) is 0 Å². The molecular formula is C42H29F12I6O21S3-3. The zero-order valence-corrected chi connectivity index (χ0v) is 56.0. The third-order valence-electron chi connectivity index (χ3n) is 12.0. The van der Waals surface area contributed by atoms with E-state index in [0.29, 0.717) is 33.0 Å². The molecule has 2 N–H and O–H groups in total. The Balaban J connectivity index is 0.000000283. The molecule has 0 spiro atoms. The third-order valence-corrected chi connectivity index (χ3v) is 19.7. The number of esters is 5. The fourth-order valence-corrected chi connectivity index (χ4v) is 16.9. The first-order valence-electron chi connectivity index (χ1n) is 21.6. The van der Waals surface area contributed by atoms with Gasteiger partial charge in [-0.1, -0.05) is 0 Å². The number of carbonyl (C=O) groups excluding carboxylic acids is 5. The van der Waals surface area contributed by atoms with E-state index in [9.17, 15) is 126 Å². The fourth-order valence-electron chi connectivity index (χ4n) is 8.16. The maximum Gasteiger partial charge on any atom is 0.438 e. The van der Waals surface area contributed by atoms with Crippen molar-refractivity contribution in [3.05, 3.63) is 74.5 Å². The minimum Gasteiger partial charge on any atom is -0.748 e. The molecule has 3 aromatic rings. The summed E-state index contributed by atoms with van der Waals surface area (Å²) < 4.78 is 280. The number of rotatable bonds is 14. The van der Waals surface area contributed by atoms with E-state index in [1.54, 1.807) is 136 Å². The monoisotopic (exact) mass is 1950 g/mol. The Morgan fingerprint density at radius 3 is 1.55 bits per heavy atom. The minimum absolute atomic E-state index is 0.0524. The molecule has 3 aromatic carbocycles. The minimum atomic E-state index is -6.54. The lowest BCUT2D eigenvalue weighted by Gasteiger charge is -2.36. The van der Waals surface area contributed by atoms with E-state index in [1.165, 1.54) is 12.1 Å². The molecule has 84 heavy (non-hydrogen) atoms. The lowest BCUT2D eigenvalue weighted by Crippen LogP contribution is -2.63. The van der Waals surface area contributed by atoms with Gasteiger partial charge in [-0.2, -0.15) is 52.7 Å². The van der Waals surface area contributed by atoms with Gasteiger partial charge in [0.2, 0.25) is 11.2 Å². The van der Waals surface area contributed by atoms with Gasteiger partial charge in [-0.25, -0.2) is 39.6 Å². The Kier molecular flexibility index (Phi) is 23.3. The Bertz CT molecular complexity index is 3460. The van der Waals surface area contributed by atoms with Crippen LogP contribution in [0, 0.1) is 45.1 Å². The fraction of sp³-hybridized carbons (Fsp3) is 0.452. The van der Waals surface area contributed by atoms with E-state index in [0.717, 1.165) is 18.2 Å². The van der Waals surface area contributed by atoms with E-state index in [2.05, 4.69) is 14.2 Å². The van der Waals surface area contributed by atoms with E-state index in [1.807, 2.05) is 0 Å². The van der Waals surface area contributed by atoms with Gasteiger partial charge in [0.15, 0.2) is 0 Å². The predicted octanol–water partition coefficient (Wildman–Crippen LogP) is 8.81. The van der Waals surface area contributed by atoms with Crippen LogP contribution in [-0.4, -0.2) is 144 Å². The van der Waals surface area contributed by atoms with Crippen LogP contribution in [0.3, 0.4) is 0 Å². The number of fused-ring (bicyclic) bond motifs is 1. The maximum atomic E-state index is 13.4. The smallest absolute Gasteiger partial charge is 0.438 e. The van der Waals surface area contributed by atoms with E-state index in [4.69, 9.17) is 9.47 Å². The molecule has 1 aliphatic heterocycles. The number of hydrogen-bond acceptors (Lipinski definition) is 21. The molecule has 2 aliphatic carbocycles. The number of benzene rings is 3. The van der Waals surface area contributed by atoms with Gasteiger partial charge in [0.05, 0.1) is 84.9 Å². The second-order valence-corrected chi connectivity index (χ2v) is 29.4. The standard InChI is InChI=1S/C20H15F6IO9S.C11H8F3I3O6S.C11H9F3I2O6S/c21-19(22,23)18(20(24,25)26,6-37(31,32)33)36-15(28)7-1-2-10(27)12(4-7)35-16(29)13-8-3-9-11(5-8)34-17(30)14(9)13;1-10(11(12,13)14,3-24(20,21)22)23-9(19)6-4(15)2-5(16)8(18)7(6)17;1-10(11(12,13)14,4-23(19,20)21)22-9(18)6-2-5(15)3-7(16)8(6)17/h1-2,4,8-9,11,13-14H,3,5-6H2,(H,31,32,33);2,18H,3H2,1H3,(H,20,21,22);2-3,17H,4H2,1H3,(H,19,20,21)/p-3. The van der Waals surface area contributed by atoms with Crippen LogP contribution < -0.4 is 4.74 Å². The summed E-state index contributed by atoms with van der Waals surface area (Å²) in [5.74, 6) is -17.3. The second kappa shape index (κ2) is 26.4. The summed E-state index contributed by atoms with van der Waals surface area (Å²) in [7, 11) is -16.9. The van der Waals surface area contributed by atoms with Crippen molar-refractivity contribution in [3.63, 3.8) is 0 Å². The predicted molar refractivity (Wildman–Crippen MR) is 301 cm³/mol. The highest BCUT2D eigenvalue weighted by Crippen LogP contribution is 2.58. The van der Waals surface area contributed by atoms with Crippen LogP contribution in [-0.2, 0) is 58.9 Å². The number of alkyl halides is 12. The van der Waals surface area contributed by atoms with Crippen molar-refractivity contribution in [2.24, 2.45) is 23.7 Å². The molecule has 0 aromatic heterocycles. The molecule has 1 saturated heterocycles. The van der Waals surface area contributed by atoms with Crippen LogP contribution in [0.2, 0.25) is 0 Å². The number of ether oxygens (including phenoxy) is 5. The van der Waals surface area contributed by atoms with Crippen LogP contribution in [0.15, 0.2) is 36.4 Å². The summed E-state index contributed by atoms with van der Waals surface area (Å²) in [6, 6.07) is 6.27. The number of hydrogen-bond donors (Lipinski definition) is 2. The Morgan fingerprint density at radius 1 is 0.607 bits per heavy atom. The number of aromatic hydroxyl groups is 2. The van der Waals surface area contributed by atoms with Crippen LogP contribution in [0.5, 0.6) is 17.2 Å². The van der Waals surface area contributed by atoms with Crippen LogP contribution >= 0.6 is 136 Å². The van der Waals surface area contributed by atoms with Gasteiger partial charge in [-0.3, -0.25) is 9.59 Å². The normalized spacial score (nSPS) is 20.4. The summed E-state index contributed by atoms with van der Waals surface area (Å²) in [6.45, 7) is 0.572. The zero-order valence-electron chi connectivity index (χ0n) is 40.6. The van der Waals surface area contributed by atoms with Crippen molar-refractivity contribution in [3.8, 4) is 17.2 Å². The van der Waals surface area contributed by atoms with Crippen molar-refractivity contribution in [1.29, 1.82) is 0 Å². The number of carbonyl (C=O) groups is 5. The molecular weight excluding hydrogens is 1930 g/mol. The SMILES string of the molecule is CC(CS(=O)(=O)[O-])(OC(=O)c1c(I)cc(I)c(O)c1I)C(F)(F)F.CC(CS(=O)(=O)[O-])(OC(=O)c1cc(I)cc(I)c1O)C(F)(F)F.O=C(OC(CS(=O)(=O)[O-])(C(F)(F)F)C(F)(F)F)c1ccc(I)c(OC(=O)C2C3CC4OC(=O)C2C4C3)c1. The van der Waals surface area contributed by atoms with Crippen molar-refractivity contribution in [1.82, 2.24) is 0 Å². The lowest BCUT2D eigenvalue weighted by molar-refractivity contribution is -0.356.